The van der Waals surface area contributed by atoms with Gasteiger partial charge in [-0.2, -0.15) is 18.4 Å². The molecule has 0 bridgehead atoms. The lowest BCUT2D eigenvalue weighted by atomic mass is 10.0. The van der Waals surface area contributed by atoms with E-state index < -0.39 is 47.5 Å². The maximum Gasteiger partial charge on any atom is 0.419 e. The fraction of sp³-hybridized carbons (Fsp3) is 0.417. The maximum absolute atomic E-state index is 12.8. The third-order valence-corrected chi connectivity index (χ3v) is 2.39. The van der Waals surface area contributed by atoms with Gasteiger partial charge in [0.15, 0.2) is 5.69 Å². The Morgan fingerprint density at radius 2 is 2.10 bits per heavy atom. The molecule has 0 saturated heterocycles. The third-order valence-electron chi connectivity index (χ3n) is 2.39. The summed E-state index contributed by atoms with van der Waals surface area (Å²) in [4.78, 5) is 14.3. The number of nitriles is 1. The summed E-state index contributed by atoms with van der Waals surface area (Å²) in [6.07, 6.45) is -8.94. The molecule has 1 rings (SSSR count). The fourth-order valence-electron chi connectivity index (χ4n) is 1.57. The minimum absolute atomic E-state index is 0.0430. The van der Waals surface area contributed by atoms with Gasteiger partial charge >= 0.3 is 12.1 Å². The number of pyridine rings is 1. The minimum atomic E-state index is -4.94. The highest BCUT2D eigenvalue weighted by Crippen LogP contribution is 2.34. The van der Waals surface area contributed by atoms with E-state index >= 15 is 0 Å². The Morgan fingerprint density at radius 1 is 1.48 bits per heavy atom. The second-order valence-corrected chi connectivity index (χ2v) is 3.82. The summed E-state index contributed by atoms with van der Waals surface area (Å²) in [5, 5.41) is 8.60. The molecule has 0 aliphatic carbocycles. The van der Waals surface area contributed by atoms with Gasteiger partial charge < -0.3 is 4.74 Å². The maximum atomic E-state index is 12.8. The summed E-state index contributed by atoms with van der Waals surface area (Å²) in [6, 6.07) is 1.46. The Hall–Kier alpha value is -2.24. The van der Waals surface area contributed by atoms with Crippen LogP contribution in [0.1, 0.15) is 35.9 Å². The van der Waals surface area contributed by atoms with Crippen LogP contribution in [0.2, 0.25) is 0 Å². The van der Waals surface area contributed by atoms with E-state index in [1.807, 2.05) is 0 Å². The van der Waals surface area contributed by atoms with Gasteiger partial charge in [-0.25, -0.2) is 13.8 Å². The number of carbonyl (C=O) groups excluding carboxylic acids is 1. The molecule has 0 radical (unpaired) electrons. The third kappa shape index (κ3) is 4.11. The van der Waals surface area contributed by atoms with Crippen molar-refractivity contribution < 1.29 is 31.5 Å². The van der Waals surface area contributed by atoms with E-state index in [-0.39, 0.29) is 6.61 Å². The molecule has 21 heavy (non-hydrogen) atoms. The monoisotopic (exact) mass is 308 g/mol. The number of alkyl halides is 5. The predicted molar refractivity (Wildman–Crippen MR) is 59.2 cm³/mol. The van der Waals surface area contributed by atoms with E-state index in [4.69, 9.17) is 5.26 Å². The van der Waals surface area contributed by atoms with Crippen molar-refractivity contribution in [2.75, 3.05) is 6.61 Å². The largest absolute Gasteiger partial charge is 0.466 e. The number of ether oxygens (including phenoxy) is 1. The summed E-state index contributed by atoms with van der Waals surface area (Å²) in [7, 11) is 0. The van der Waals surface area contributed by atoms with Crippen molar-refractivity contribution in [1.82, 2.24) is 4.98 Å². The Morgan fingerprint density at radius 3 is 2.52 bits per heavy atom. The summed E-state index contributed by atoms with van der Waals surface area (Å²) in [6.45, 7) is 1.42. The molecule has 0 amide bonds. The summed E-state index contributed by atoms with van der Waals surface area (Å²) in [5.74, 6) is -0.959. The number of halogens is 5. The molecule has 0 unspecified atom stereocenters. The fourth-order valence-corrected chi connectivity index (χ4v) is 1.57. The normalized spacial score (nSPS) is 11.3. The lowest BCUT2D eigenvalue weighted by Gasteiger charge is -2.13. The summed E-state index contributed by atoms with van der Waals surface area (Å²) in [5.41, 5.74) is -4.28. The van der Waals surface area contributed by atoms with E-state index in [1.54, 1.807) is 0 Å². The number of rotatable bonds is 4. The van der Waals surface area contributed by atoms with Crippen molar-refractivity contribution in [3.63, 3.8) is 0 Å². The summed E-state index contributed by atoms with van der Waals surface area (Å²) < 4.78 is 68.3. The molecule has 9 heteroatoms. The molecule has 0 aliphatic heterocycles. The highest BCUT2D eigenvalue weighted by atomic mass is 19.4. The van der Waals surface area contributed by atoms with Gasteiger partial charge in [0.1, 0.15) is 11.8 Å². The van der Waals surface area contributed by atoms with Crippen LogP contribution in [0.25, 0.3) is 0 Å². The zero-order valence-corrected chi connectivity index (χ0v) is 10.7. The zero-order valence-electron chi connectivity index (χ0n) is 10.7. The van der Waals surface area contributed by atoms with E-state index in [0.29, 0.717) is 6.07 Å². The average molecular weight is 308 g/mol. The molecule has 0 spiro atoms. The molecule has 1 heterocycles. The average Bonchev–Trinajstić information content (AvgIpc) is 2.37. The van der Waals surface area contributed by atoms with Crippen LogP contribution in [0, 0.1) is 11.3 Å². The number of carbonyl (C=O) groups is 1. The first kappa shape index (κ1) is 16.8. The van der Waals surface area contributed by atoms with E-state index in [0.717, 1.165) is 6.07 Å². The van der Waals surface area contributed by atoms with Crippen molar-refractivity contribution in [2.45, 2.75) is 25.9 Å². The van der Waals surface area contributed by atoms with Gasteiger partial charge in [-0.1, -0.05) is 0 Å². The molecule has 114 valence electrons. The highest BCUT2D eigenvalue weighted by molar-refractivity contribution is 5.73. The van der Waals surface area contributed by atoms with Gasteiger partial charge in [0.25, 0.3) is 6.43 Å². The predicted octanol–water partition coefficient (Wildman–Crippen LogP) is 3.02. The number of esters is 1. The van der Waals surface area contributed by atoms with Gasteiger partial charge in [-0.15, -0.1) is 0 Å². The number of aromatic nitrogens is 1. The van der Waals surface area contributed by atoms with Crippen LogP contribution in [0.3, 0.4) is 0 Å². The van der Waals surface area contributed by atoms with Crippen LogP contribution in [0.15, 0.2) is 6.07 Å². The standard InChI is InChI=1S/C12H9F5N2O2/c1-2-21-9(20)4-6-3-7(12(15,16)17)8(5-18)19-10(6)11(13)14/h3,11H,2,4H2,1H3. The van der Waals surface area contributed by atoms with Gasteiger partial charge in [0.2, 0.25) is 0 Å². The van der Waals surface area contributed by atoms with E-state index in [1.165, 1.54) is 6.92 Å². The van der Waals surface area contributed by atoms with Crippen molar-refractivity contribution in [3.05, 3.63) is 28.6 Å². The van der Waals surface area contributed by atoms with Gasteiger partial charge in [0, 0.05) is 0 Å². The van der Waals surface area contributed by atoms with Crippen LogP contribution < -0.4 is 0 Å². The molecule has 0 aliphatic rings. The number of hydrogen-bond acceptors (Lipinski definition) is 4. The summed E-state index contributed by atoms with van der Waals surface area (Å²) >= 11 is 0. The highest BCUT2D eigenvalue weighted by Gasteiger charge is 2.36. The van der Waals surface area contributed by atoms with Crippen LogP contribution in [0.5, 0.6) is 0 Å². The minimum Gasteiger partial charge on any atom is -0.466 e. The molecule has 1 aromatic rings. The molecule has 0 atom stereocenters. The first-order valence-corrected chi connectivity index (χ1v) is 5.65. The van der Waals surface area contributed by atoms with Crippen LogP contribution in [-0.2, 0) is 22.1 Å². The van der Waals surface area contributed by atoms with Gasteiger partial charge in [-0.05, 0) is 18.6 Å². The zero-order chi connectivity index (χ0) is 16.2. The molecular formula is C12H9F5N2O2. The van der Waals surface area contributed by atoms with E-state index in [2.05, 4.69) is 9.72 Å². The number of nitrogens with zero attached hydrogens (tertiary/aromatic N) is 2. The van der Waals surface area contributed by atoms with Crippen molar-refractivity contribution in [2.24, 2.45) is 0 Å². The van der Waals surface area contributed by atoms with Gasteiger partial charge in [0.05, 0.1) is 18.6 Å². The molecule has 0 fully saturated rings. The number of hydrogen-bond donors (Lipinski definition) is 0. The van der Waals surface area contributed by atoms with Crippen LogP contribution in [-0.4, -0.2) is 17.6 Å². The van der Waals surface area contributed by atoms with Crippen molar-refractivity contribution >= 4 is 5.97 Å². The molecule has 1 aromatic heterocycles. The second-order valence-electron chi connectivity index (χ2n) is 3.82. The quantitative estimate of drug-likeness (QED) is 0.633. The smallest absolute Gasteiger partial charge is 0.419 e. The lowest BCUT2D eigenvalue weighted by Crippen LogP contribution is -2.16. The van der Waals surface area contributed by atoms with Crippen molar-refractivity contribution in [3.8, 4) is 6.07 Å². The van der Waals surface area contributed by atoms with Crippen molar-refractivity contribution in [1.29, 1.82) is 5.26 Å². The van der Waals surface area contributed by atoms with Gasteiger partial charge in [-0.3, -0.25) is 4.79 Å². The molecular weight excluding hydrogens is 299 g/mol. The molecule has 4 nitrogen and oxygen atoms in total. The Balaban J connectivity index is 3.39. The first-order valence-electron chi connectivity index (χ1n) is 5.65. The Bertz CT molecular complexity index is 578. The SMILES string of the molecule is CCOC(=O)Cc1cc(C(F)(F)F)c(C#N)nc1C(F)F. The Labute approximate surface area is 116 Å². The Kier molecular flexibility index (Phi) is 5.18. The molecule has 0 N–H and O–H groups in total. The molecule has 0 aromatic carbocycles. The van der Waals surface area contributed by atoms with Crippen LogP contribution in [0.4, 0.5) is 22.0 Å². The topological polar surface area (TPSA) is 63.0 Å². The lowest BCUT2D eigenvalue weighted by molar-refractivity contribution is -0.143. The second kappa shape index (κ2) is 6.47. The van der Waals surface area contributed by atoms with E-state index in [9.17, 15) is 26.7 Å². The molecule has 0 saturated carbocycles. The first-order chi connectivity index (χ1) is 9.70. The van der Waals surface area contributed by atoms with Crippen LogP contribution >= 0.6 is 0 Å².